The molecule has 0 nitrogen and oxygen atoms in total. The van der Waals surface area contributed by atoms with Gasteiger partial charge in [-0.25, -0.2) is 0 Å². The standard InChI is InChI=1S/C14H24/c1-10(2)12-7-8-14(5,6)13(9-12)11(3)4/h12-13H,1,3,7-9H2,2,4-6H3. The van der Waals surface area contributed by atoms with Gasteiger partial charge in [-0.3, -0.25) is 0 Å². The Balaban J connectivity index is 2.77. The lowest BCUT2D eigenvalue weighted by Crippen LogP contribution is -2.32. The topological polar surface area (TPSA) is 0 Å². The van der Waals surface area contributed by atoms with Crippen molar-refractivity contribution in [3.63, 3.8) is 0 Å². The molecule has 0 aromatic carbocycles. The van der Waals surface area contributed by atoms with Crippen LogP contribution >= 0.6 is 0 Å². The first kappa shape index (κ1) is 11.6. The smallest absolute Gasteiger partial charge is 0.0152 e. The molecular formula is C14H24. The van der Waals surface area contributed by atoms with Crippen LogP contribution in [0.4, 0.5) is 0 Å². The predicted octanol–water partition coefficient (Wildman–Crippen LogP) is 4.58. The minimum absolute atomic E-state index is 0.442. The molecule has 0 N–H and O–H groups in total. The Kier molecular flexibility index (Phi) is 3.24. The highest BCUT2D eigenvalue weighted by molar-refractivity contribution is 5.09. The van der Waals surface area contributed by atoms with Gasteiger partial charge in [0.1, 0.15) is 0 Å². The Morgan fingerprint density at radius 1 is 1.14 bits per heavy atom. The first-order valence-corrected chi connectivity index (χ1v) is 5.65. The SMILES string of the molecule is C=C(C)C1CCC(C)(C)C(C(=C)C)C1. The van der Waals surface area contributed by atoms with Gasteiger partial charge in [0.05, 0.1) is 0 Å². The van der Waals surface area contributed by atoms with Crippen molar-refractivity contribution in [3.8, 4) is 0 Å². The van der Waals surface area contributed by atoms with Crippen LogP contribution in [0.2, 0.25) is 0 Å². The van der Waals surface area contributed by atoms with E-state index in [0.29, 0.717) is 11.3 Å². The third kappa shape index (κ3) is 2.29. The summed E-state index contributed by atoms with van der Waals surface area (Å²) in [6.45, 7) is 17.3. The lowest BCUT2D eigenvalue weighted by molar-refractivity contribution is 0.138. The molecule has 80 valence electrons. The van der Waals surface area contributed by atoms with Crippen LogP contribution < -0.4 is 0 Å². The molecule has 0 aromatic rings. The van der Waals surface area contributed by atoms with Crippen LogP contribution in [0.1, 0.15) is 47.0 Å². The average molecular weight is 192 g/mol. The first-order chi connectivity index (χ1) is 6.34. The fourth-order valence-corrected chi connectivity index (χ4v) is 2.76. The van der Waals surface area contributed by atoms with Crippen LogP contribution in [0.25, 0.3) is 0 Å². The van der Waals surface area contributed by atoms with Crippen LogP contribution in [-0.2, 0) is 0 Å². The highest BCUT2D eigenvalue weighted by Crippen LogP contribution is 2.47. The van der Waals surface area contributed by atoms with Crippen molar-refractivity contribution in [2.24, 2.45) is 17.3 Å². The number of allylic oxidation sites excluding steroid dienone is 2. The summed E-state index contributed by atoms with van der Waals surface area (Å²) < 4.78 is 0. The summed E-state index contributed by atoms with van der Waals surface area (Å²) in [5.74, 6) is 1.41. The third-order valence-electron chi connectivity index (χ3n) is 3.89. The molecule has 1 fully saturated rings. The van der Waals surface area contributed by atoms with Crippen LogP contribution in [0.5, 0.6) is 0 Å². The van der Waals surface area contributed by atoms with Gasteiger partial charge in [0.25, 0.3) is 0 Å². The highest BCUT2D eigenvalue weighted by Gasteiger charge is 2.36. The molecular weight excluding hydrogens is 168 g/mol. The first-order valence-electron chi connectivity index (χ1n) is 5.65. The van der Waals surface area contributed by atoms with Crippen LogP contribution in [0.3, 0.4) is 0 Å². The van der Waals surface area contributed by atoms with E-state index in [-0.39, 0.29) is 0 Å². The molecule has 0 saturated heterocycles. The second kappa shape index (κ2) is 3.92. The highest BCUT2D eigenvalue weighted by atomic mass is 14.4. The molecule has 1 aliphatic rings. The zero-order valence-electron chi connectivity index (χ0n) is 10.2. The summed E-state index contributed by atoms with van der Waals surface area (Å²) in [5, 5.41) is 0. The van der Waals surface area contributed by atoms with E-state index in [1.54, 1.807) is 0 Å². The van der Waals surface area contributed by atoms with E-state index in [0.717, 1.165) is 5.92 Å². The molecule has 0 heteroatoms. The number of hydrogen-bond acceptors (Lipinski definition) is 0. The largest absolute Gasteiger partial charge is 0.0999 e. The maximum atomic E-state index is 4.14. The Morgan fingerprint density at radius 2 is 1.71 bits per heavy atom. The molecule has 0 heterocycles. The lowest BCUT2D eigenvalue weighted by atomic mass is 9.62. The lowest BCUT2D eigenvalue weighted by Gasteiger charge is -2.43. The molecule has 1 saturated carbocycles. The van der Waals surface area contributed by atoms with Crippen molar-refractivity contribution < 1.29 is 0 Å². The fourth-order valence-electron chi connectivity index (χ4n) is 2.76. The van der Waals surface area contributed by atoms with Crippen molar-refractivity contribution in [2.75, 3.05) is 0 Å². The summed E-state index contributed by atoms with van der Waals surface area (Å²) in [6, 6.07) is 0. The maximum Gasteiger partial charge on any atom is -0.0152 e. The van der Waals surface area contributed by atoms with Gasteiger partial charge in [-0.15, -0.1) is 0 Å². The Morgan fingerprint density at radius 3 is 2.14 bits per heavy atom. The third-order valence-corrected chi connectivity index (χ3v) is 3.89. The Labute approximate surface area is 89.1 Å². The quantitative estimate of drug-likeness (QED) is 0.562. The van der Waals surface area contributed by atoms with Crippen molar-refractivity contribution in [1.82, 2.24) is 0 Å². The van der Waals surface area contributed by atoms with Gasteiger partial charge in [0.15, 0.2) is 0 Å². The van der Waals surface area contributed by atoms with E-state index >= 15 is 0 Å². The van der Waals surface area contributed by atoms with E-state index in [4.69, 9.17) is 0 Å². The molecule has 1 rings (SSSR count). The van der Waals surface area contributed by atoms with Crippen LogP contribution in [0.15, 0.2) is 24.3 Å². The summed E-state index contributed by atoms with van der Waals surface area (Å²) >= 11 is 0. The minimum atomic E-state index is 0.442. The second-order valence-electron chi connectivity index (χ2n) is 5.71. The summed E-state index contributed by atoms with van der Waals surface area (Å²) in [4.78, 5) is 0. The van der Waals surface area contributed by atoms with Gasteiger partial charge in [0.2, 0.25) is 0 Å². The maximum absolute atomic E-state index is 4.14. The van der Waals surface area contributed by atoms with Gasteiger partial charge in [-0.2, -0.15) is 0 Å². The monoisotopic (exact) mass is 192 g/mol. The van der Waals surface area contributed by atoms with Crippen molar-refractivity contribution >= 4 is 0 Å². The molecule has 0 radical (unpaired) electrons. The summed E-state index contributed by atoms with van der Waals surface area (Å²) in [5.41, 5.74) is 3.14. The Hall–Kier alpha value is -0.520. The van der Waals surface area contributed by atoms with E-state index in [2.05, 4.69) is 40.9 Å². The molecule has 0 amide bonds. The molecule has 1 aliphatic carbocycles. The predicted molar refractivity (Wildman–Crippen MR) is 64.2 cm³/mol. The molecule has 0 aromatic heterocycles. The normalized spacial score (nSPS) is 31.1. The molecule has 2 atom stereocenters. The number of rotatable bonds is 2. The minimum Gasteiger partial charge on any atom is -0.0999 e. The zero-order chi connectivity index (χ0) is 10.9. The molecule has 0 bridgehead atoms. The van der Waals surface area contributed by atoms with Crippen molar-refractivity contribution in [1.29, 1.82) is 0 Å². The Bertz CT molecular complexity index is 245. The molecule has 2 unspecified atom stereocenters. The van der Waals surface area contributed by atoms with Gasteiger partial charge in [-0.05, 0) is 50.4 Å². The van der Waals surface area contributed by atoms with Crippen molar-refractivity contribution in [2.45, 2.75) is 47.0 Å². The molecule has 0 spiro atoms. The fraction of sp³-hybridized carbons (Fsp3) is 0.714. The van der Waals surface area contributed by atoms with Gasteiger partial charge < -0.3 is 0 Å². The zero-order valence-corrected chi connectivity index (χ0v) is 10.2. The van der Waals surface area contributed by atoms with Crippen molar-refractivity contribution in [3.05, 3.63) is 24.3 Å². The second-order valence-corrected chi connectivity index (χ2v) is 5.71. The van der Waals surface area contributed by atoms with Crippen LogP contribution in [0, 0.1) is 17.3 Å². The molecule has 0 aliphatic heterocycles. The van der Waals surface area contributed by atoms with Gasteiger partial charge in [-0.1, -0.05) is 38.2 Å². The average Bonchev–Trinajstić information content (AvgIpc) is 2.02. The number of hydrogen-bond donors (Lipinski definition) is 0. The summed E-state index contributed by atoms with van der Waals surface area (Å²) in [6.07, 6.45) is 3.88. The summed E-state index contributed by atoms with van der Waals surface area (Å²) in [7, 11) is 0. The van der Waals surface area contributed by atoms with Crippen LogP contribution in [-0.4, -0.2) is 0 Å². The molecule has 14 heavy (non-hydrogen) atoms. The van der Waals surface area contributed by atoms with E-state index in [1.807, 2.05) is 0 Å². The van der Waals surface area contributed by atoms with Gasteiger partial charge in [0, 0.05) is 0 Å². The van der Waals surface area contributed by atoms with E-state index < -0.39 is 0 Å². The van der Waals surface area contributed by atoms with Gasteiger partial charge >= 0.3 is 0 Å². The van der Waals surface area contributed by atoms with E-state index in [1.165, 1.54) is 30.4 Å². The van der Waals surface area contributed by atoms with E-state index in [9.17, 15) is 0 Å².